The number of hydrogen-bond acceptors (Lipinski definition) is 3. The monoisotopic (exact) mass is 604 g/mol. The summed E-state index contributed by atoms with van der Waals surface area (Å²) in [5.74, 6) is -2.10. The maximum atomic E-state index is 13.9. The van der Waals surface area contributed by atoms with Crippen molar-refractivity contribution in [2.45, 2.75) is 82.8 Å². The number of carbonyl (C=O) groups excluding carboxylic acids is 2. The number of carbonyl (C=O) groups is 2. The highest BCUT2D eigenvalue weighted by Crippen LogP contribution is 2.41. The van der Waals surface area contributed by atoms with Gasteiger partial charge in [0.1, 0.15) is 5.82 Å². The zero-order valence-electron chi connectivity index (χ0n) is 24.3. The topological polar surface area (TPSA) is 60.9 Å². The standard InChI is InChI=1S/C30H35F7N2O3/c1-17-11-21(31)7-8-22(17)23-16-39(25(40)15-27(2,3)42)10-9-24(23)38(6)26(41)28(4,5)18-12-19(29(32,33)34)14-20(13-18)30(35,36)37/h7-8,11-14,23-24,42H,9-10,15-16H2,1-6H3/t23-,24-/m1/s1. The van der Waals surface area contributed by atoms with Crippen molar-refractivity contribution in [3.05, 3.63) is 70.0 Å². The fourth-order valence-corrected chi connectivity index (χ4v) is 5.50. The Labute approximate surface area is 240 Å². The lowest BCUT2D eigenvalue weighted by molar-refractivity contribution is -0.145. The van der Waals surface area contributed by atoms with Crippen molar-refractivity contribution in [2.24, 2.45) is 0 Å². The van der Waals surface area contributed by atoms with Crippen molar-refractivity contribution < 1.29 is 45.4 Å². The second kappa shape index (κ2) is 11.5. The lowest BCUT2D eigenvalue weighted by atomic mass is 9.78. The number of likely N-dealkylation sites (N-methyl/N-ethyl adjacent to an activating group) is 1. The van der Waals surface area contributed by atoms with Crippen LogP contribution in [-0.4, -0.2) is 58.5 Å². The molecule has 0 unspecified atom stereocenters. The summed E-state index contributed by atoms with van der Waals surface area (Å²) in [6, 6.07) is 4.59. The highest BCUT2D eigenvalue weighted by atomic mass is 19.4. The van der Waals surface area contributed by atoms with E-state index >= 15 is 0 Å². The summed E-state index contributed by atoms with van der Waals surface area (Å²) < 4.78 is 95.2. The lowest BCUT2D eigenvalue weighted by Crippen LogP contribution is -2.55. The molecule has 5 nitrogen and oxygen atoms in total. The van der Waals surface area contributed by atoms with Crippen molar-refractivity contribution in [1.29, 1.82) is 0 Å². The van der Waals surface area contributed by atoms with Crippen molar-refractivity contribution >= 4 is 11.8 Å². The quantitative estimate of drug-likeness (QED) is 0.386. The molecule has 0 bridgehead atoms. The van der Waals surface area contributed by atoms with E-state index < -0.39 is 63.7 Å². The molecule has 1 fully saturated rings. The summed E-state index contributed by atoms with van der Waals surface area (Å²) in [5.41, 5.74) is -5.37. The van der Waals surface area contributed by atoms with Gasteiger partial charge in [0, 0.05) is 32.1 Å². The number of halogens is 7. The molecule has 1 aliphatic heterocycles. The predicted molar refractivity (Wildman–Crippen MR) is 142 cm³/mol. The maximum Gasteiger partial charge on any atom is 0.416 e. The van der Waals surface area contributed by atoms with Gasteiger partial charge in [-0.15, -0.1) is 0 Å². The molecule has 2 aromatic carbocycles. The van der Waals surface area contributed by atoms with Gasteiger partial charge in [-0.2, -0.15) is 26.3 Å². The Kier molecular flexibility index (Phi) is 9.13. The van der Waals surface area contributed by atoms with Crippen LogP contribution in [0.15, 0.2) is 36.4 Å². The zero-order valence-corrected chi connectivity index (χ0v) is 24.3. The number of aliphatic hydroxyl groups is 1. The number of nitrogens with zero attached hydrogens (tertiary/aromatic N) is 2. The molecule has 1 aliphatic rings. The Morgan fingerprint density at radius 3 is 1.93 bits per heavy atom. The summed E-state index contributed by atoms with van der Waals surface area (Å²) in [6.07, 6.45) is -10.1. The highest BCUT2D eigenvalue weighted by Gasteiger charge is 2.44. The summed E-state index contributed by atoms with van der Waals surface area (Å²) in [5, 5.41) is 10.1. The van der Waals surface area contributed by atoms with Gasteiger partial charge in [-0.3, -0.25) is 9.59 Å². The molecule has 3 rings (SSSR count). The van der Waals surface area contributed by atoms with Gasteiger partial charge < -0.3 is 14.9 Å². The largest absolute Gasteiger partial charge is 0.416 e. The van der Waals surface area contributed by atoms with Gasteiger partial charge >= 0.3 is 12.4 Å². The number of rotatable bonds is 6. The van der Waals surface area contributed by atoms with Gasteiger partial charge in [0.05, 0.1) is 28.6 Å². The van der Waals surface area contributed by atoms with Gasteiger partial charge in [-0.25, -0.2) is 4.39 Å². The van der Waals surface area contributed by atoms with Gasteiger partial charge in [-0.05, 0) is 88.1 Å². The summed E-state index contributed by atoms with van der Waals surface area (Å²) in [6.45, 7) is 7.48. The molecule has 2 amide bonds. The summed E-state index contributed by atoms with van der Waals surface area (Å²) in [4.78, 5) is 29.7. The molecule has 1 N–H and O–H groups in total. The first-order valence-electron chi connectivity index (χ1n) is 13.4. The van der Waals surface area contributed by atoms with E-state index in [9.17, 15) is 45.4 Å². The van der Waals surface area contributed by atoms with Gasteiger partial charge in [0.2, 0.25) is 11.8 Å². The Morgan fingerprint density at radius 2 is 1.45 bits per heavy atom. The molecule has 12 heteroatoms. The molecule has 2 atom stereocenters. The minimum Gasteiger partial charge on any atom is -0.390 e. The molecule has 0 aromatic heterocycles. The molecule has 42 heavy (non-hydrogen) atoms. The SMILES string of the molecule is Cc1cc(F)ccc1[C@H]1CN(C(=O)CC(C)(C)O)CC[C@H]1N(C)C(=O)C(C)(C)c1cc(C(F)(F)F)cc(C(F)(F)F)c1. The average molecular weight is 605 g/mol. The molecular formula is C30H35F7N2O3. The van der Waals surface area contributed by atoms with E-state index in [1.54, 1.807) is 6.92 Å². The minimum atomic E-state index is -5.07. The lowest BCUT2D eigenvalue weighted by Gasteiger charge is -2.45. The van der Waals surface area contributed by atoms with Crippen molar-refractivity contribution in [3.8, 4) is 0 Å². The third-order valence-corrected chi connectivity index (χ3v) is 7.81. The van der Waals surface area contributed by atoms with Crippen LogP contribution in [0.5, 0.6) is 0 Å². The van der Waals surface area contributed by atoms with Crippen molar-refractivity contribution in [3.63, 3.8) is 0 Å². The molecular weight excluding hydrogens is 569 g/mol. The maximum absolute atomic E-state index is 13.9. The average Bonchev–Trinajstić information content (AvgIpc) is 2.85. The normalized spacial score (nSPS) is 18.7. The Bertz CT molecular complexity index is 1300. The fourth-order valence-electron chi connectivity index (χ4n) is 5.50. The summed E-state index contributed by atoms with van der Waals surface area (Å²) >= 11 is 0. The highest BCUT2D eigenvalue weighted by molar-refractivity contribution is 5.88. The fraction of sp³-hybridized carbons (Fsp3) is 0.533. The second-order valence-corrected chi connectivity index (χ2v) is 12.1. The smallest absolute Gasteiger partial charge is 0.390 e. The number of likely N-dealkylation sites (tertiary alicyclic amines) is 1. The first kappa shape index (κ1) is 33.4. The molecule has 0 radical (unpaired) electrons. The van der Waals surface area contributed by atoms with Crippen LogP contribution in [0.4, 0.5) is 30.7 Å². The Morgan fingerprint density at radius 1 is 0.929 bits per heavy atom. The molecule has 1 heterocycles. The van der Waals surface area contributed by atoms with E-state index in [0.29, 0.717) is 23.3 Å². The first-order valence-corrected chi connectivity index (χ1v) is 13.4. The van der Waals surface area contributed by atoms with Crippen LogP contribution in [0, 0.1) is 12.7 Å². The third kappa shape index (κ3) is 7.43. The number of hydrogen-bond donors (Lipinski definition) is 1. The first-order chi connectivity index (χ1) is 19.0. The number of alkyl halides is 6. The zero-order chi connectivity index (χ0) is 32.0. The molecule has 0 aliphatic carbocycles. The van der Waals surface area contributed by atoms with Gasteiger partial charge in [-0.1, -0.05) is 6.07 Å². The van der Waals surface area contributed by atoms with Crippen LogP contribution in [0.25, 0.3) is 0 Å². The van der Waals surface area contributed by atoms with E-state index in [-0.39, 0.29) is 37.9 Å². The molecule has 0 saturated carbocycles. The molecule has 2 aromatic rings. The summed E-state index contributed by atoms with van der Waals surface area (Å²) in [7, 11) is 1.42. The molecule has 0 spiro atoms. The third-order valence-electron chi connectivity index (χ3n) is 7.81. The van der Waals surface area contributed by atoms with Crippen LogP contribution >= 0.6 is 0 Å². The van der Waals surface area contributed by atoms with E-state index in [2.05, 4.69) is 0 Å². The van der Waals surface area contributed by atoms with E-state index in [1.165, 1.54) is 62.7 Å². The number of aryl methyl sites for hydroxylation is 1. The molecule has 1 saturated heterocycles. The van der Waals surface area contributed by atoms with Crippen molar-refractivity contribution in [2.75, 3.05) is 20.1 Å². The van der Waals surface area contributed by atoms with Gasteiger partial charge in [0.15, 0.2) is 0 Å². The van der Waals surface area contributed by atoms with E-state index in [0.717, 1.165) is 0 Å². The second-order valence-electron chi connectivity index (χ2n) is 12.1. The number of amides is 2. The number of piperidine rings is 1. The van der Waals surface area contributed by atoms with Crippen LogP contribution < -0.4 is 0 Å². The van der Waals surface area contributed by atoms with Crippen molar-refractivity contribution in [1.82, 2.24) is 9.80 Å². The Balaban J connectivity index is 2.03. The van der Waals surface area contributed by atoms with Crippen LogP contribution in [0.2, 0.25) is 0 Å². The van der Waals surface area contributed by atoms with Gasteiger partial charge in [0.25, 0.3) is 0 Å². The van der Waals surface area contributed by atoms with E-state index in [1.807, 2.05) is 0 Å². The molecule has 232 valence electrons. The Hall–Kier alpha value is -3.15. The van der Waals surface area contributed by atoms with E-state index in [4.69, 9.17) is 0 Å². The predicted octanol–water partition coefficient (Wildman–Crippen LogP) is 6.45. The van der Waals surface area contributed by atoms with Crippen LogP contribution in [-0.2, 0) is 27.4 Å². The number of benzene rings is 2. The minimum absolute atomic E-state index is 0.0154. The van der Waals surface area contributed by atoms with Crippen LogP contribution in [0.1, 0.15) is 74.3 Å². The van der Waals surface area contributed by atoms with Crippen LogP contribution in [0.3, 0.4) is 0 Å².